The van der Waals surface area contributed by atoms with Gasteiger partial charge in [-0.1, -0.05) is 6.92 Å². The Kier molecular flexibility index (Phi) is 9.52. The van der Waals surface area contributed by atoms with Crippen molar-refractivity contribution < 1.29 is 23.5 Å². The molecule has 2 aromatic carbocycles. The SMILES string of the molecule is CCCOc1c(I)cc(C=NNC(=O)CC(=O)Nc2ccc(F)cc2)cc1OCC. The average molecular weight is 527 g/mol. The van der Waals surface area contributed by atoms with Crippen LogP contribution in [-0.4, -0.2) is 31.2 Å². The highest BCUT2D eigenvalue weighted by Gasteiger charge is 2.12. The van der Waals surface area contributed by atoms with E-state index in [9.17, 15) is 14.0 Å². The summed E-state index contributed by atoms with van der Waals surface area (Å²) in [5.41, 5.74) is 3.43. The van der Waals surface area contributed by atoms with E-state index in [1.165, 1.54) is 30.5 Å². The fourth-order valence-corrected chi connectivity index (χ4v) is 3.15. The Labute approximate surface area is 188 Å². The number of carbonyl (C=O) groups excluding carboxylic acids is 2. The van der Waals surface area contributed by atoms with Crippen LogP contribution in [-0.2, 0) is 9.59 Å². The van der Waals surface area contributed by atoms with E-state index in [-0.39, 0.29) is 0 Å². The maximum atomic E-state index is 12.9. The molecule has 2 rings (SSSR count). The van der Waals surface area contributed by atoms with Gasteiger partial charge in [0.25, 0.3) is 0 Å². The summed E-state index contributed by atoms with van der Waals surface area (Å²) in [4.78, 5) is 23.8. The lowest BCUT2D eigenvalue weighted by molar-refractivity contribution is -0.126. The Balaban J connectivity index is 1.94. The molecule has 7 nitrogen and oxygen atoms in total. The van der Waals surface area contributed by atoms with Crippen molar-refractivity contribution in [1.29, 1.82) is 0 Å². The molecule has 0 saturated heterocycles. The van der Waals surface area contributed by atoms with Crippen LogP contribution in [0, 0.1) is 9.39 Å². The van der Waals surface area contributed by atoms with Crippen molar-refractivity contribution >= 4 is 46.3 Å². The highest BCUT2D eigenvalue weighted by Crippen LogP contribution is 2.34. The molecule has 2 N–H and O–H groups in total. The topological polar surface area (TPSA) is 89.0 Å². The minimum absolute atomic E-state index is 0.404. The van der Waals surface area contributed by atoms with Gasteiger partial charge in [0.05, 0.1) is 23.0 Å². The smallest absolute Gasteiger partial charge is 0.249 e. The van der Waals surface area contributed by atoms with Crippen LogP contribution >= 0.6 is 22.6 Å². The summed E-state index contributed by atoms with van der Waals surface area (Å²) in [6, 6.07) is 8.88. The quantitative estimate of drug-likeness (QED) is 0.211. The molecular formula is C21H23FIN3O4. The number of rotatable bonds is 10. The maximum Gasteiger partial charge on any atom is 0.249 e. The summed E-state index contributed by atoms with van der Waals surface area (Å²) < 4.78 is 25.1. The highest BCUT2D eigenvalue weighted by molar-refractivity contribution is 14.1. The summed E-state index contributed by atoms with van der Waals surface area (Å²) in [5.74, 6) is -0.233. The molecule has 2 amide bonds. The fourth-order valence-electron chi connectivity index (χ4n) is 2.37. The first-order valence-electron chi connectivity index (χ1n) is 9.39. The molecule has 0 aliphatic rings. The molecule has 0 aliphatic carbocycles. The van der Waals surface area contributed by atoms with Crippen LogP contribution in [0.5, 0.6) is 11.5 Å². The molecule has 9 heteroatoms. The van der Waals surface area contributed by atoms with E-state index in [2.05, 4.69) is 38.4 Å². The summed E-state index contributed by atoms with van der Waals surface area (Å²) in [6.45, 7) is 4.98. The van der Waals surface area contributed by atoms with Gasteiger partial charge < -0.3 is 14.8 Å². The predicted molar refractivity (Wildman–Crippen MR) is 121 cm³/mol. The van der Waals surface area contributed by atoms with Gasteiger partial charge in [0, 0.05) is 5.69 Å². The summed E-state index contributed by atoms with van der Waals surface area (Å²) in [7, 11) is 0. The van der Waals surface area contributed by atoms with Crippen molar-refractivity contribution in [2.24, 2.45) is 5.10 Å². The van der Waals surface area contributed by atoms with Crippen molar-refractivity contribution in [2.45, 2.75) is 26.7 Å². The van der Waals surface area contributed by atoms with Gasteiger partial charge in [-0.15, -0.1) is 0 Å². The van der Waals surface area contributed by atoms with E-state index in [1.807, 2.05) is 19.9 Å². The lowest BCUT2D eigenvalue weighted by Crippen LogP contribution is -2.24. The number of hydrogen-bond donors (Lipinski definition) is 2. The zero-order valence-electron chi connectivity index (χ0n) is 16.7. The number of hydrazone groups is 1. The van der Waals surface area contributed by atoms with E-state index in [1.54, 1.807) is 6.07 Å². The van der Waals surface area contributed by atoms with E-state index >= 15 is 0 Å². The number of anilines is 1. The average Bonchev–Trinajstić information content (AvgIpc) is 2.69. The number of carbonyl (C=O) groups is 2. The molecule has 0 spiro atoms. The number of ether oxygens (including phenoxy) is 2. The van der Waals surface area contributed by atoms with Crippen molar-refractivity contribution in [3.63, 3.8) is 0 Å². The molecule has 0 aliphatic heterocycles. The van der Waals surface area contributed by atoms with Gasteiger partial charge in [-0.05, 0) is 77.9 Å². The molecule has 0 heterocycles. The Morgan fingerprint density at radius 1 is 1.13 bits per heavy atom. The van der Waals surface area contributed by atoms with E-state index in [0.29, 0.717) is 36.0 Å². The van der Waals surface area contributed by atoms with Crippen molar-refractivity contribution in [2.75, 3.05) is 18.5 Å². The molecular weight excluding hydrogens is 504 g/mol. The second-order valence-electron chi connectivity index (χ2n) is 6.14. The first-order valence-corrected chi connectivity index (χ1v) is 10.5. The third-order valence-electron chi connectivity index (χ3n) is 3.63. The van der Waals surface area contributed by atoms with Crippen LogP contribution in [0.1, 0.15) is 32.3 Å². The van der Waals surface area contributed by atoms with Gasteiger partial charge in [0.15, 0.2) is 11.5 Å². The number of hydrogen-bond acceptors (Lipinski definition) is 5. The van der Waals surface area contributed by atoms with Gasteiger partial charge in [0.1, 0.15) is 12.2 Å². The fraction of sp³-hybridized carbons (Fsp3) is 0.286. The van der Waals surface area contributed by atoms with Crippen molar-refractivity contribution in [1.82, 2.24) is 5.43 Å². The van der Waals surface area contributed by atoms with Crippen LogP contribution in [0.15, 0.2) is 41.5 Å². The van der Waals surface area contributed by atoms with Gasteiger partial charge in [-0.25, -0.2) is 9.82 Å². The molecule has 0 bridgehead atoms. The molecule has 0 radical (unpaired) electrons. The zero-order valence-corrected chi connectivity index (χ0v) is 18.9. The summed E-state index contributed by atoms with van der Waals surface area (Å²) >= 11 is 2.15. The summed E-state index contributed by atoms with van der Waals surface area (Å²) in [6.07, 6.45) is 1.93. The molecule has 0 unspecified atom stereocenters. The van der Waals surface area contributed by atoms with Gasteiger partial charge in [-0.2, -0.15) is 5.10 Å². The van der Waals surface area contributed by atoms with Crippen LogP contribution in [0.25, 0.3) is 0 Å². The molecule has 0 atom stereocenters. The van der Waals surface area contributed by atoms with Crippen LogP contribution in [0.2, 0.25) is 0 Å². The van der Waals surface area contributed by atoms with E-state index < -0.39 is 24.1 Å². The normalized spacial score (nSPS) is 10.7. The molecule has 30 heavy (non-hydrogen) atoms. The largest absolute Gasteiger partial charge is 0.490 e. The Bertz CT molecular complexity index is 904. The van der Waals surface area contributed by atoms with Crippen LogP contribution in [0.3, 0.4) is 0 Å². The second kappa shape index (κ2) is 12.1. The molecule has 0 fully saturated rings. The molecule has 2 aromatic rings. The molecule has 0 aromatic heterocycles. The third-order valence-corrected chi connectivity index (χ3v) is 4.44. The van der Waals surface area contributed by atoms with Gasteiger partial charge >= 0.3 is 0 Å². The van der Waals surface area contributed by atoms with Crippen LogP contribution in [0.4, 0.5) is 10.1 Å². The van der Waals surface area contributed by atoms with E-state index in [4.69, 9.17) is 9.47 Å². The predicted octanol–water partition coefficient (Wildman–Crippen LogP) is 4.10. The highest BCUT2D eigenvalue weighted by atomic mass is 127. The van der Waals surface area contributed by atoms with Crippen molar-refractivity contribution in [3.8, 4) is 11.5 Å². The van der Waals surface area contributed by atoms with Crippen molar-refractivity contribution in [3.05, 3.63) is 51.3 Å². The van der Waals surface area contributed by atoms with Gasteiger partial charge in [-0.3, -0.25) is 9.59 Å². The zero-order chi connectivity index (χ0) is 21.9. The van der Waals surface area contributed by atoms with Crippen LogP contribution < -0.4 is 20.2 Å². The Morgan fingerprint density at radius 2 is 1.87 bits per heavy atom. The Hall–Kier alpha value is -2.69. The standard InChI is InChI=1S/C21H23FIN3O4/c1-3-9-30-21-17(23)10-14(11-18(21)29-4-2)13-24-26-20(28)12-19(27)25-16-7-5-15(22)6-8-16/h5-8,10-11,13H,3-4,9,12H2,1-2H3,(H,25,27)(H,26,28). The third kappa shape index (κ3) is 7.62. The lowest BCUT2D eigenvalue weighted by atomic mass is 10.2. The molecule has 160 valence electrons. The first-order chi connectivity index (χ1) is 14.4. The number of benzene rings is 2. The number of nitrogens with one attached hydrogen (secondary N) is 2. The minimum Gasteiger partial charge on any atom is -0.490 e. The number of amides is 2. The van der Waals surface area contributed by atoms with Gasteiger partial charge in [0.2, 0.25) is 11.8 Å². The Morgan fingerprint density at radius 3 is 2.53 bits per heavy atom. The summed E-state index contributed by atoms with van der Waals surface area (Å²) in [5, 5.41) is 6.40. The minimum atomic E-state index is -0.575. The maximum absolute atomic E-state index is 12.9. The molecule has 0 saturated carbocycles. The number of nitrogens with zero attached hydrogens (tertiary/aromatic N) is 1. The second-order valence-corrected chi connectivity index (χ2v) is 7.30. The monoisotopic (exact) mass is 527 g/mol. The lowest BCUT2D eigenvalue weighted by Gasteiger charge is -2.14. The number of halogens is 2. The first kappa shape index (κ1) is 23.6. The van der Waals surface area contributed by atoms with E-state index in [0.717, 1.165) is 9.99 Å².